The number of nitrogens with zero attached hydrogens (tertiary/aromatic N) is 1. The fraction of sp³-hybridized carbons (Fsp3) is 0.278. The van der Waals surface area contributed by atoms with Crippen molar-refractivity contribution in [3.05, 3.63) is 65.2 Å². The van der Waals surface area contributed by atoms with E-state index in [9.17, 15) is 13.6 Å². The van der Waals surface area contributed by atoms with Crippen LogP contribution in [0.5, 0.6) is 5.75 Å². The molecule has 0 radical (unpaired) electrons. The lowest BCUT2D eigenvalue weighted by atomic mass is 10.1. The van der Waals surface area contributed by atoms with Gasteiger partial charge in [0.25, 0.3) is 5.91 Å². The summed E-state index contributed by atoms with van der Waals surface area (Å²) in [6.45, 7) is 0.317. The molecule has 0 unspecified atom stereocenters. The van der Waals surface area contributed by atoms with Gasteiger partial charge in [-0.15, -0.1) is 0 Å². The van der Waals surface area contributed by atoms with E-state index < -0.39 is 17.5 Å². The van der Waals surface area contributed by atoms with E-state index in [0.29, 0.717) is 6.54 Å². The van der Waals surface area contributed by atoms with Gasteiger partial charge in [0, 0.05) is 12.1 Å². The number of benzene rings is 2. The van der Waals surface area contributed by atoms with Gasteiger partial charge in [-0.1, -0.05) is 12.1 Å². The molecule has 0 aliphatic heterocycles. The number of hydrogen-bond donors (Lipinski definition) is 1. The maximum Gasteiger partial charge on any atom is 0.251 e. The molecule has 128 valence electrons. The molecule has 0 bridgehead atoms. The third kappa shape index (κ3) is 4.29. The monoisotopic (exact) mass is 334 g/mol. The summed E-state index contributed by atoms with van der Waals surface area (Å²) in [5.74, 6) is -1.75. The third-order valence-electron chi connectivity index (χ3n) is 3.74. The molecule has 1 atom stereocenters. The van der Waals surface area contributed by atoms with Crippen LogP contribution in [0.3, 0.4) is 0 Å². The Morgan fingerprint density at radius 3 is 2.54 bits per heavy atom. The Hall–Kier alpha value is -2.47. The van der Waals surface area contributed by atoms with Crippen LogP contribution in [-0.4, -0.2) is 38.6 Å². The van der Waals surface area contributed by atoms with Gasteiger partial charge in [0.05, 0.1) is 13.2 Å². The molecule has 0 saturated carbocycles. The molecule has 2 aromatic carbocycles. The van der Waals surface area contributed by atoms with Crippen molar-refractivity contribution in [1.29, 1.82) is 0 Å². The standard InChI is InChI=1S/C18H20F2N2O2/c1-22(2)17(12-5-4-6-14(9-12)24-3)11-21-18(23)13-7-8-15(19)16(20)10-13/h4-10,17H,11H2,1-3H3,(H,21,23)/t17-/m0/s1. The summed E-state index contributed by atoms with van der Waals surface area (Å²) in [7, 11) is 5.39. The van der Waals surface area contributed by atoms with Crippen molar-refractivity contribution in [3.8, 4) is 5.75 Å². The van der Waals surface area contributed by atoms with E-state index in [4.69, 9.17) is 4.74 Å². The van der Waals surface area contributed by atoms with Crippen molar-refractivity contribution in [3.63, 3.8) is 0 Å². The first-order valence-electron chi connectivity index (χ1n) is 7.46. The van der Waals surface area contributed by atoms with Crippen molar-refractivity contribution in [2.24, 2.45) is 0 Å². The van der Waals surface area contributed by atoms with Crippen LogP contribution in [0.15, 0.2) is 42.5 Å². The molecule has 2 rings (SSSR count). The minimum absolute atomic E-state index is 0.0806. The predicted molar refractivity (Wildman–Crippen MR) is 88.1 cm³/mol. The highest BCUT2D eigenvalue weighted by Gasteiger charge is 2.17. The number of amides is 1. The van der Waals surface area contributed by atoms with Gasteiger partial charge in [0.1, 0.15) is 5.75 Å². The second-order valence-corrected chi connectivity index (χ2v) is 5.59. The first-order valence-corrected chi connectivity index (χ1v) is 7.46. The van der Waals surface area contributed by atoms with Crippen molar-refractivity contribution in [2.75, 3.05) is 27.7 Å². The average Bonchev–Trinajstić information content (AvgIpc) is 2.57. The highest BCUT2D eigenvalue weighted by molar-refractivity contribution is 5.94. The molecule has 0 fully saturated rings. The normalized spacial score (nSPS) is 12.1. The van der Waals surface area contributed by atoms with Crippen molar-refractivity contribution < 1.29 is 18.3 Å². The minimum Gasteiger partial charge on any atom is -0.497 e. The van der Waals surface area contributed by atoms with Gasteiger partial charge in [0.15, 0.2) is 11.6 Å². The number of rotatable bonds is 6. The highest BCUT2D eigenvalue weighted by atomic mass is 19.2. The van der Waals surface area contributed by atoms with Gasteiger partial charge in [-0.3, -0.25) is 4.79 Å². The van der Waals surface area contributed by atoms with Crippen molar-refractivity contribution >= 4 is 5.91 Å². The summed E-state index contributed by atoms with van der Waals surface area (Å²) < 4.78 is 31.4. The first kappa shape index (κ1) is 17.9. The van der Waals surface area contributed by atoms with Crippen LogP contribution in [0.1, 0.15) is 22.0 Å². The summed E-state index contributed by atoms with van der Waals surface area (Å²) in [6.07, 6.45) is 0. The Kier molecular flexibility index (Phi) is 5.87. The molecule has 0 aromatic heterocycles. The maximum atomic E-state index is 13.2. The quantitative estimate of drug-likeness (QED) is 0.883. The third-order valence-corrected chi connectivity index (χ3v) is 3.74. The average molecular weight is 334 g/mol. The van der Waals surface area contributed by atoms with Crippen LogP contribution < -0.4 is 10.1 Å². The highest BCUT2D eigenvalue weighted by Crippen LogP contribution is 2.22. The molecular weight excluding hydrogens is 314 g/mol. The van der Waals surface area contributed by atoms with Crippen molar-refractivity contribution in [1.82, 2.24) is 10.2 Å². The summed E-state index contributed by atoms with van der Waals surface area (Å²) >= 11 is 0. The Morgan fingerprint density at radius 1 is 1.17 bits per heavy atom. The van der Waals surface area contributed by atoms with E-state index in [-0.39, 0.29) is 11.6 Å². The molecule has 1 amide bonds. The SMILES string of the molecule is COc1cccc([C@H](CNC(=O)c2ccc(F)c(F)c2)N(C)C)c1. The summed E-state index contributed by atoms with van der Waals surface area (Å²) in [5.41, 5.74) is 1.06. The molecular formula is C18H20F2N2O2. The number of likely N-dealkylation sites (N-methyl/N-ethyl adjacent to an activating group) is 1. The van der Waals surface area contributed by atoms with Gasteiger partial charge in [-0.05, 0) is 50.0 Å². The Bertz CT molecular complexity index is 720. The molecule has 6 heteroatoms. The van der Waals surface area contributed by atoms with Crippen LogP contribution in [-0.2, 0) is 0 Å². The van der Waals surface area contributed by atoms with Crippen molar-refractivity contribution in [2.45, 2.75) is 6.04 Å². The van der Waals surface area contributed by atoms with E-state index in [0.717, 1.165) is 23.4 Å². The second kappa shape index (κ2) is 7.88. The molecule has 0 aliphatic rings. The van der Waals surface area contributed by atoms with Gasteiger partial charge in [-0.25, -0.2) is 8.78 Å². The zero-order chi connectivity index (χ0) is 17.7. The summed E-state index contributed by atoms with van der Waals surface area (Å²) in [5, 5.41) is 2.75. The number of hydrogen-bond acceptors (Lipinski definition) is 3. The number of nitrogens with one attached hydrogen (secondary N) is 1. The van der Waals surface area contributed by atoms with E-state index in [1.807, 2.05) is 43.3 Å². The molecule has 24 heavy (non-hydrogen) atoms. The van der Waals surface area contributed by atoms with Crippen LogP contribution in [0.25, 0.3) is 0 Å². The molecule has 1 N–H and O–H groups in total. The van der Waals surface area contributed by atoms with E-state index in [1.165, 1.54) is 6.07 Å². The van der Waals surface area contributed by atoms with Gasteiger partial charge < -0.3 is 15.0 Å². The number of carbonyl (C=O) groups excluding carboxylic acids is 1. The smallest absolute Gasteiger partial charge is 0.251 e. The van der Waals surface area contributed by atoms with Gasteiger partial charge in [0.2, 0.25) is 0 Å². The number of halogens is 2. The zero-order valence-corrected chi connectivity index (χ0v) is 13.8. The minimum atomic E-state index is -1.04. The Morgan fingerprint density at radius 2 is 1.92 bits per heavy atom. The molecule has 0 spiro atoms. The maximum absolute atomic E-state index is 13.2. The molecule has 0 aliphatic carbocycles. The largest absolute Gasteiger partial charge is 0.497 e. The Balaban J connectivity index is 2.10. The van der Waals surface area contributed by atoms with Crippen LogP contribution >= 0.6 is 0 Å². The van der Waals surface area contributed by atoms with Gasteiger partial charge in [-0.2, -0.15) is 0 Å². The Labute approximate surface area is 140 Å². The van der Waals surface area contributed by atoms with E-state index >= 15 is 0 Å². The fourth-order valence-corrected chi connectivity index (χ4v) is 2.38. The number of carbonyl (C=O) groups is 1. The summed E-state index contributed by atoms with van der Waals surface area (Å²) in [4.78, 5) is 14.1. The summed E-state index contributed by atoms with van der Waals surface area (Å²) in [6, 6.07) is 10.6. The van der Waals surface area contributed by atoms with Crippen LogP contribution in [0.4, 0.5) is 8.78 Å². The lowest BCUT2D eigenvalue weighted by molar-refractivity contribution is 0.0941. The zero-order valence-electron chi connectivity index (χ0n) is 13.8. The lowest BCUT2D eigenvalue weighted by Gasteiger charge is -2.25. The topological polar surface area (TPSA) is 41.6 Å². The number of methoxy groups -OCH3 is 1. The fourth-order valence-electron chi connectivity index (χ4n) is 2.38. The second-order valence-electron chi connectivity index (χ2n) is 5.59. The van der Waals surface area contributed by atoms with Crippen LogP contribution in [0, 0.1) is 11.6 Å². The van der Waals surface area contributed by atoms with E-state index in [2.05, 4.69) is 5.32 Å². The first-order chi connectivity index (χ1) is 11.4. The molecule has 0 saturated heterocycles. The molecule has 2 aromatic rings. The molecule has 0 heterocycles. The van der Waals surface area contributed by atoms with Crippen LogP contribution in [0.2, 0.25) is 0 Å². The van der Waals surface area contributed by atoms with Gasteiger partial charge >= 0.3 is 0 Å². The molecule has 4 nitrogen and oxygen atoms in total. The predicted octanol–water partition coefficient (Wildman–Crippen LogP) is 3.01. The van der Waals surface area contributed by atoms with E-state index in [1.54, 1.807) is 7.11 Å². The number of ether oxygens (including phenoxy) is 1. The lowest BCUT2D eigenvalue weighted by Crippen LogP contribution is -2.34.